The van der Waals surface area contributed by atoms with Crippen molar-refractivity contribution in [3.8, 4) is 11.5 Å². The first-order valence-corrected chi connectivity index (χ1v) is 5.25. The van der Waals surface area contributed by atoms with Crippen LogP contribution in [-0.4, -0.2) is 15.2 Å². The van der Waals surface area contributed by atoms with Gasteiger partial charge in [0.25, 0.3) is 0 Å². The summed E-state index contributed by atoms with van der Waals surface area (Å²) in [6, 6.07) is 8.84. The molecule has 0 aliphatic rings. The van der Waals surface area contributed by atoms with E-state index in [0.717, 1.165) is 5.56 Å². The molecule has 2 N–H and O–H groups in total. The SMILES string of the molecule is OCc1cccc(Oc2cnccc2CO)c1. The number of rotatable bonds is 4. The molecule has 0 atom stereocenters. The largest absolute Gasteiger partial charge is 0.455 e. The number of hydrogen-bond acceptors (Lipinski definition) is 4. The molecule has 0 spiro atoms. The van der Waals surface area contributed by atoms with Gasteiger partial charge in [-0.1, -0.05) is 12.1 Å². The maximum atomic E-state index is 9.15. The van der Waals surface area contributed by atoms with Gasteiger partial charge in [0.05, 0.1) is 19.4 Å². The molecule has 2 rings (SSSR count). The van der Waals surface area contributed by atoms with Crippen molar-refractivity contribution in [1.82, 2.24) is 4.98 Å². The van der Waals surface area contributed by atoms with Gasteiger partial charge in [0.15, 0.2) is 5.75 Å². The summed E-state index contributed by atoms with van der Waals surface area (Å²) in [5.74, 6) is 1.13. The first-order valence-electron chi connectivity index (χ1n) is 5.25. The van der Waals surface area contributed by atoms with Crippen LogP contribution < -0.4 is 4.74 Å². The second-order valence-corrected chi connectivity index (χ2v) is 3.55. The van der Waals surface area contributed by atoms with E-state index in [-0.39, 0.29) is 13.2 Å². The Morgan fingerprint density at radius 1 is 1.12 bits per heavy atom. The van der Waals surface area contributed by atoms with Gasteiger partial charge in [0, 0.05) is 11.8 Å². The van der Waals surface area contributed by atoms with E-state index < -0.39 is 0 Å². The third kappa shape index (κ3) is 2.81. The van der Waals surface area contributed by atoms with Crippen LogP contribution in [-0.2, 0) is 13.2 Å². The molecule has 1 aromatic heterocycles. The fourth-order valence-electron chi connectivity index (χ4n) is 1.47. The Bertz CT molecular complexity index is 500. The van der Waals surface area contributed by atoms with Gasteiger partial charge in [-0.25, -0.2) is 0 Å². The normalized spacial score (nSPS) is 10.2. The van der Waals surface area contributed by atoms with E-state index in [1.165, 1.54) is 0 Å². The molecule has 0 fully saturated rings. The zero-order valence-corrected chi connectivity index (χ0v) is 9.21. The molecule has 1 heterocycles. The second-order valence-electron chi connectivity index (χ2n) is 3.55. The molecule has 0 saturated heterocycles. The summed E-state index contributed by atoms with van der Waals surface area (Å²) in [6.07, 6.45) is 3.15. The number of aliphatic hydroxyl groups is 2. The van der Waals surface area contributed by atoms with E-state index in [0.29, 0.717) is 17.1 Å². The minimum Gasteiger partial charge on any atom is -0.455 e. The van der Waals surface area contributed by atoms with Crippen molar-refractivity contribution in [2.24, 2.45) is 0 Å². The van der Waals surface area contributed by atoms with Crippen molar-refractivity contribution in [1.29, 1.82) is 0 Å². The van der Waals surface area contributed by atoms with E-state index in [1.54, 1.807) is 36.7 Å². The predicted octanol–water partition coefficient (Wildman–Crippen LogP) is 1.86. The van der Waals surface area contributed by atoms with Gasteiger partial charge in [-0.3, -0.25) is 4.98 Å². The fourth-order valence-corrected chi connectivity index (χ4v) is 1.47. The fraction of sp³-hybridized carbons (Fsp3) is 0.154. The third-order valence-corrected chi connectivity index (χ3v) is 2.35. The lowest BCUT2D eigenvalue weighted by molar-refractivity contribution is 0.275. The highest BCUT2D eigenvalue weighted by Crippen LogP contribution is 2.24. The van der Waals surface area contributed by atoms with Crippen LogP contribution in [0.25, 0.3) is 0 Å². The lowest BCUT2D eigenvalue weighted by Gasteiger charge is -2.09. The zero-order chi connectivity index (χ0) is 12.1. The van der Waals surface area contributed by atoms with Crippen LogP contribution in [0, 0.1) is 0 Å². The maximum Gasteiger partial charge on any atom is 0.151 e. The quantitative estimate of drug-likeness (QED) is 0.843. The lowest BCUT2D eigenvalue weighted by atomic mass is 10.2. The number of ether oxygens (including phenoxy) is 1. The summed E-state index contributed by atoms with van der Waals surface area (Å²) in [5.41, 5.74) is 1.45. The van der Waals surface area contributed by atoms with Gasteiger partial charge in [0.2, 0.25) is 0 Å². The molecule has 0 saturated carbocycles. The molecule has 2 aromatic rings. The van der Waals surface area contributed by atoms with E-state index in [1.807, 2.05) is 6.07 Å². The first kappa shape index (κ1) is 11.6. The van der Waals surface area contributed by atoms with Crippen LogP contribution in [0.3, 0.4) is 0 Å². The molecular weight excluding hydrogens is 218 g/mol. The van der Waals surface area contributed by atoms with E-state index >= 15 is 0 Å². The predicted molar refractivity (Wildman–Crippen MR) is 62.6 cm³/mol. The third-order valence-electron chi connectivity index (χ3n) is 2.35. The Labute approximate surface area is 99.1 Å². The second kappa shape index (κ2) is 5.43. The van der Waals surface area contributed by atoms with Crippen LogP contribution in [0.4, 0.5) is 0 Å². The van der Waals surface area contributed by atoms with Crippen LogP contribution in [0.5, 0.6) is 11.5 Å². The molecule has 0 bridgehead atoms. The molecule has 0 amide bonds. The number of nitrogens with zero attached hydrogens (tertiary/aromatic N) is 1. The minimum absolute atomic E-state index is 0.0307. The van der Waals surface area contributed by atoms with Crippen molar-refractivity contribution in [3.05, 3.63) is 53.9 Å². The van der Waals surface area contributed by atoms with Crippen LogP contribution in [0.15, 0.2) is 42.7 Å². The molecule has 88 valence electrons. The van der Waals surface area contributed by atoms with Crippen LogP contribution >= 0.6 is 0 Å². The van der Waals surface area contributed by atoms with E-state index in [4.69, 9.17) is 14.9 Å². The highest BCUT2D eigenvalue weighted by molar-refractivity contribution is 5.36. The summed E-state index contributed by atoms with van der Waals surface area (Å²) >= 11 is 0. The number of benzene rings is 1. The number of pyridine rings is 1. The molecule has 17 heavy (non-hydrogen) atoms. The first-order chi connectivity index (χ1) is 8.33. The van der Waals surface area contributed by atoms with Gasteiger partial charge >= 0.3 is 0 Å². The number of aliphatic hydroxyl groups excluding tert-OH is 2. The summed E-state index contributed by atoms with van der Waals surface area (Å²) in [4.78, 5) is 3.95. The van der Waals surface area contributed by atoms with Crippen molar-refractivity contribution in [2.45, 2.75) is 13.2 Å². The Kier molecular flexibility index (Phi) is 3.69. The molecule has 0 radical (unpaired) electrons. The summed E-state index contributed by atoms with van der Waals surface area (Å²) < 4.78 is 5.61. The Morgan fingerprint density at radius 3 is 2.76 bits per heavy atom. The van der Waals surface area contributed by atoms with E-state index in [9.17, 15) is 0 Å². The van der Waals surface area contributed by atoms with E-state index in [2.05, 4.69) is 4.98 Å². The molecule has 0 unspecified atom stereocenters. The van der Waals surface area contributed by atoms with Gasteiger partial charge in [-0.15, -0.1) is 0 Å². The maximum absolute atomic E-state index is 9.15. The summed E-state index contributed by atoms with van der Waals surface area (Å²) in [7, 11) is 0. The van der Waals surface area contributed by atoms with Gasteiger partial charge in [-0.2, -0.15) is 0 Å². The van der Waals surface area contributed by atoms with Crippen molar-refractivity contribution < 1.29 is 14.9 Å². The highest BCUT2D eigenvalue weighted by atomic mass is 16.5. The minimum atomic E-state index is -0.0997. The average Bonchev–Trinajstić information content (AvgIpc) is 2.39. The standard InChI is InChI=1S/C13H13NO3/c15-8-10-2-1-3-12(6-10)17-13-7-14-5-4-11(13)9-16/h1-7,15-16H,8-9H2. The molecular formula is C13H13NO3. The Balaban J connectivity index is 2.24. The Hall–Kier alpha value is -1.91. The zero-order valence-electron chi connectivity index (χ0n) is 9.21. The molecule has 0 aliphatic carbocycles. The topological polar surface area (TPSA) is 62.6 Å². The van der Waals surface area contributed by atoms with Crippen molar-refractivity contribution in [3.63, 3.8) is 0 Å². The average molecular weight is 231 g/mol. The number of hydrogen-bond donors (Lipinski definition) is 2. The summed E-state index contributed by atoms with van der Waals surface area (Å²) in [6.45, 7) is -0.130. The molecule has 0 aliphatic heterocycles. The Morgan fingerprint density at radius 2 is 2.00 bits per heavy atom. The molecule has 1 aromatic carbocycles. The van der Waals surface area contributed by atoms with Gasteiger partial charge < -0.3 is 14.9 Å². The van der Waals surface area contributed by atoms with Gasteiger partial charge in [0.1, 0.15) is 5.75 Å². The van der Waals surface area contributed by atoms with Crippen LogP contribution in [0.2, 0.25) is 0 Å². The summed E-state index contributed by atoms with van der Waals surface area (Å²) in [5, 5.41) is 18.2. The lowest BCUT2D eigenvalue weighted by Crippen LogP contribution is -1.93. The monoisotopic (exact) mass is 231 g/mol. The van der Waals surface area contributed by atoms with Gasteiger partial charge in [-0.05, 0) is 23.8 Å². The smallest absolute Gasteiger partial charge is 0.151 e. The number of aromatic nitrogens is 1. The van der Waals surface area contributed by atoms with Crippen molar-refractivity contribution >= 4 is 0 Å². The highest BCUT2D eigenvalue weighted by Gasteiger charge is 2.04. The molecule has 4 heteroatoms. The van der Waals surface area contributed by atoms with Crippen molar-refractivity contribution in [2.75, 3.05) is 0 Å². The molecule has 4 nitrogen and oxygen atoms in total. The van der Waals surface area contributed by atoms with Crippen LogP contribution in [0.1, 0.15) is 11.1 Å².